The van der Waals surface area contributed by atoms with E-state index in [-0.39, 0.29) is 5.56 Å². The summed E-state index contributed by atoms with van der Waals surface area (Å²) in [5.41, 5.74) is 3.03. The number of alkyl halides is 3. The van der Waals surface area contributed by atoms with Gasteiger partial charge in [0, 0.05) is 43.8 Å². The van der Waals surface area contributed by atoms with Crippen LogP contribution in [-0.4, -0.2) is 0 Å². The molecule has 41 heavy (non-hydrogen) atoms. The minimum Gasteiger partial charge on any atom is -0.455 e. The van der Waals surface area contributed by atoms with Crippen LogP contribution in [-0.2, 0) is 6.18 Å². The SMILES string of the molecule is Cc1cccc(-c2c3oc4ccccc4c3c(-c3cccc(C(F)(F)F)c3C#N)c3oc4ccccc4c23)c1C#N. The van der Waals surface area contributed by atoms with E-state index in [1.165, 1.54) is 12.1 Å². The molecule has 0 spiro atoms. The van der Waals surface area contributed by atoms with Crippen molar-refractivity contribution in [2.45, 2.75) is 13.1 Å². The number of para-hydroxylation sites is 2. The fourth-order valence-corrected chi connectivity index (χ4v) is 5.82. The van der Waals surface area contributed by atoms with Crippen molar-refractivity contribution in [1.82, 2.24) is 0 Å². The minimum atomic E-state index is -4.74. The van der Waals surface area contributed by atoms with Crippen molar-refractivity contribution in [3.8, 4) is 34.4 Å². The summed E-state index contributed by atoms with van der Waals surface area (Å²) >= 11 is 0. The highest BCUT2D eigenvalue weighted by atomic mass is 19.4. The molecule has 7 heteroatoms. The van der Waals surface area contributed by atoms with Crippen molar-refractivity contribution in [2.24, 2.45) is 0 Å². The van der Waals surface area contributed by atoms with Crippen molar-refractivity contribution >= 4 is 43.9 Å². The first kappa shape index (κ1) is 24.5. The van der Waals surface area contributed by atoms with Crippen LogP contribution in [0.25, 0.3) is 66.1 Å². The first-order valence-electron chi connectivity index (χ1n) is 12.7. The molecule has 196 valence electrons. The van der Waals surface area contributed by atoms with E-state index in [1.807, 2.05) is 67.6 Å². The lowest BCUT2D eigenvalue weighted by molar-refractivity contribution is -0.137. The minimum absolute atomic E-state index is 0.0826. The molecule has 0 bridgehead atoms. The van der Waals surface area contributed by atoms with Crippen molar-refractivity contribution in [1.29, 1.82) is 10.5 Å². The van der Waals surface area contributed by atoms with Crippen LogP contribution in [0.1, 0.15) is 22.3 Å². The highest BCUT2D eigenvalue weighted by Crippen LogP contribution is 2.52. The summed E-state index contributed by atoms with van der Waals surface area (Å²) in [5.74, 6) is 0. The number of hydrogen-bond donors (Lipinski definition) is 0. The number of furan rings is 2. The molecule has 0 aliphatic carbocycles. The molecule has 0 fully saturated rings. The monoisotopic (exact) mass is 542 g/mol. The fourth-order valence-electron chi connectivity index (χ4n) is 5.82. The first-order chi connectivity index (χ1) is 19.8. The van der Waals surface area contributed by atoms with Crippen LogP contribution in [0.5, 0.6) is 0 Å². The van der Waals surface area contributed by atoms with Crippen LogP contribution in [0.2, 0.25) is 0 Å². The van der Waals surface area contributed by atoms with Gasteiger partial charge in [-0.2, -0.15) is 23.7 Å². The Morgan fingerprint density at radius 3 is 1.61 bits per heavy atom. The van der Waals surface area contributed by atoms with Gasteiger partial charge in [0.2, 0.25) is 0 Å². The molecule has 0 N–H and O–H groups in total. The molecule has 0 saturated heterocycles. The number of benzene rings is 5. The molecule has 0 radical (unpaired) electrons. The Morgan fingerprint density at radius 1 is 0.610 bits per heavy atom. The Bertz CT molecular complexity index is 2290. The Balaban J connectivity index is 1.82. The third-order valence-corrected chi connectivity index (χ3v) is 7.55. The Morgan fingerprint density at radius 2 is 1.10 bits per heavy atom. The van der Waals surface area contributed by atoms with E-state index in [1.54, 1.807) is 12.1 Å². The van der Waals surface area contributed by atoms with E-state index in [0.29, 0.717) is 66.1 Å². The van der Waals surface area contributed by atoms with Crippen molar-refractivity contribution < 1.29 is 22.0 Å². The topological polar surface area (TPSA) is 73.9 Å². The third-order valence-electron chi connectivity index (χ3n) is 7.55. The average Bonchev–Trinajstić information content (AvgIpc) is 3.54. The number of nitrogens with zero attached hydrogens (tertiary/aromatic N) is 2. The molecule has 4 nitrogen and oxygen atoms in total. The first-order valence-corrected chi connectivity index (χ1v) is 12.7. The van der Waals surface area contributed by atoms with E-state index < -0.39 is 17.3 Å². The van der Waals surface area contributed by atoms with Crippen molar-refractivity contribution in [3.05, 3.63) is 107 Å². The summed E-state index contributed by atoms with van der Waals surface area (Å²) in [6.45, 7) is 1.85. The van der Waals surface area contributed by atoms with Crippen molar-refractivity contribution in [3.63, 3.8) is 0 Å². The van der Waals surface area contributed by atoms with Gasteiger partial charge in [-0.3, -0.25) is 0 Å². The lowest BCUT2D eigenvalue weighted by Gasteiger charge is -2.16. The van der Waals surface area contributed by atoms with Crippen molar-refractivity contribution in [2.75, 3.05) is 0 Å². The zero-order valence-corrected chi connectivity index (χ0v) is 21.4. The van der Waals surface area contributed by atoms with Crippen LogP contribution in [0, 0.1) is 29.6 Å². The molecule has 2 heterocycles. The van der Waals surface area contributed by atoms with Gasteiger partial charge in [0.1, 0.15) is 34.5 Å². The summed E-state index contributed by atoms with van der Waals surface area (Å²) in [4.78, 5) is 0. The van der Waals surface area contributed by atoms with E-state index in [2.05, 4.69) is 6.07 Å². The molecule has 7 rings (SSSR count). The van der Waals surface area contributed by atoms with Crippen LogP contribution in [0.15, 0.2) is 93.8 Å². The molecular formula is C34H17F3N2O2. The number of fused-ring (bicyclic) bond motifs is 6. The Labute approximate surface area is 231 Å². The second-order valence-corrected chi connectivity index (χ2v) is 9.80. The van der Waals surface area contributed by atoms with Crippen LogP contribution >= 0.6 is 0 Å². The van der Waals surface area contributed by atoms with Gasteiger partial charge >= 0.3 is 6.18 Å². The summed E-state index contributed by atoms with van der Waals surface area (Å²) in [6, 6.07) is 27.9. The largest absolute Gasteiger partial charge is 0.455 e. The lowest BCUT2D eigenvalue weighted by atomic mass is 9.86. The number of nitriles is 2. The average molecular weight is 543 g/mol. The van der Waals surface area contributed by atoms with Gasteiger partial charge in [-0.1, -0.05) is 66.7 Å². The maximum atomic E-state index is 14.1. The molecule has 0 aliphatic rings. The van der Waals surface area contributed by atoms with Crippen LogP contribution in [0.4, 0.5) is 13.2 Å². The van der Waals surface area contributed by atoms with Gasteiger partial charge in [-0.25, -0.2) is 0 Å². The molecular weight excluding hydrogens is 525 g/mol. The maximum Gasteiger partial charge on any atom is 0.417 e. The van der Waals surface area contributed by atoms with E-state index in [9.17, 15) is 23.7 Å². The molecule has 2 aromatic heterocycles. The summed E-state index contributed by atoms with van der Waals surface area (Å²) in [6.07, 6.45) is -4.74. The molecule has 0 atom stereocenters. The van der Waals surface area contributed by atoms with Crippen LogP contribution < -0.4 is 0 Å². The van der Waals surface area contributed by atoms with E-state index >= 15 is 0 Å². The van der Waals surface area contributed by atoms with Gasteiger partial charge in [-0.15, -0.1) is 0 Å². The zero-order valence-electron chi connectivity index (χ0n) is 21.4. The molecule has 0 unspecified atom stereocenters. The third kappa shape index (κ3) is 3.46. The lowest BCUT2D eigenvalue weighted by Crippen LogP contribution is -2.08. The quantitative estimate of drug-likeness (QED) is 0.218. The van der Waals surface area contributed by atoms with Gasteiger partial charge in [-0.05, 0) is 30.7 Å². The predicted molar refractivity (Wildman–Crippen MR) is 151 cm³/mol. The zero-order chi connectivity index (χ0) is 28.5. The van der Waals surface area contributed by atoms with Gasteiger partial charge in [0.05, 0.1) is 16.7 Å². The molecule has 0 saturated carbocycles. The molecule has 0 amide bonds. The summed E-state index contributed by atoms with van der Waals surface area (Å²) < 4.78 is 55.2. The smallest absolute Gasteiger partial charge is 0.417 e. The second kappa shape index (κ2) is 8.74. The highest BCUT2D eigenvalue weighted by Gasteiger charge is 2.36. The van der Waals surface area contributed by atoms with Crippen LogP contribution in [0.3, 0.4) is 0 Å². The second-order valence-electron chi connectivity index (χ2n) is 9.80. The van der Waals surface area contributed by atoms with Gasteiger partial charge in [0.25, 0.3) is 0 Å². The molecule has 5 aromatic carbocycles. The Hall–Kier alpha value is -5.53. The fraction of sp³-hybridized carbons (Fsp3) is 0.0588. The standard InChI is InChI=1S/C34H17F3N2O2/c1-18-8-6-11-19(23(18)16-38)28-30-21-9-2-4-14-26(21)41-33(30)29(31-22-10-3-5-15-27(22)40-32(28)31)20-12-7-13-25(24(20)17-39)34(35,36)37/h2-15H,1H3. The van der Waals surface area contributed by atoms with E-state index in [0.717, 1.165) is 11.6 Å². The number of rotatable bonds is 2. The normalized spacial score (nSPS) is 11.9. The number of halogens is 3. The Kier molecular flexibility index (Phi) is 5.22. The molecule has 7 aromatic rings. The number of hydrogen-bond acceptors (Lipinski definition) is 4. The van der Waals surface area contributed by atoms with E-state index in [4.69, 9.17) is 8.83 Å². The maximum absolute atomic E-state index is 14.1. The predicted octanol–water partition coefficient (Wildman–Crippen LogP) is 9.89. The molecule has 0 aliphatic heterocycles. The number of aryl methyl sites for hydroxylation is 1. The highest BCUT2D eigenvalue weighted by molar-refractivity contribution is 6.30. The summed E-state index contributed by atoms with van der Waals surface area (Å²) in [5, 5.41) is 22.7. The van der Waals surface area contributed by atoms with Gasteiger partial charge in [0.15, 0.2) is 0 Å². The van der Waals surface area contributed by atoms with Gasteiger partial charge < -0.3 is 8.83 Å². The summed E-state index contributed by atoms with van der Waals surface area (Å²) in [7, 11) is 0.